The summed E-state index contributed by atoms with van der Waals surface area (Å²) in [4.78, 5) is 0. The van der Waals surface area contributed by atoms with Crippen LogP contribution in [0.1, 0.15) is 5.69 Å². The number of hydrogen-bond acceptors (Lipinski definition) is 4. The third-order valence-electron chi connectivity index (χ3n) is 2.85. The highest BCUT2D eigenvalue weighted by atomic mass is 79.9. The van der Waals surface area contributed by atoms with Crippen molar-refractivity contribution in [3.05, 3.63) is 34.4 Å². The van der Waals surface area contributed by atoms with Crippen LogP contribution in [0, 0.1) is 0 Å². The third-order valence-corrected chi connectivity index (χ3v) is 3.52. The second-order valence-electron chi connectivity index (χ2n) is 4.08. The molecule has 0 aliphatic heterocycles. The van der Waals surface area contributed by atoms with Gasteiger partial charge in [0.25, 0.3) is 0 Å². The van der Waals surface area contributed by atoms with Gasteiger partial charge in [0.05, 0.1) is 17.7 Å². The van der Waals surface area contributed by atoms with E-state index in [9.17, 15) is 0 Å². The second kappa shape index (κ2) is 4.67. The Bertz CT molecular complexity index is 733. The molecule has 19 heavy (non-hydrogen) atoms. The summed E-state index contributed by atoms with van der Waals surface area (Å²) in [5.74, 6) is 0.500. The molecule has 1 aromatic carbocycles. The minimum absolute atomic E-state index is 0.387. The molecule has 0 radical (unpaired) electrons. The molecule has 3 N–H and O–H groups in total. The SMILES string of the molecule is COCc1nn(-c2ccccc2Br)c2n[nH]c(N)c12. The molecule has 6 nitrogen and oxygen atoms in total. The third kappa shape index (κ3) is 1.91. The van der Waals surface area contributed by atoms with Gasteiger partial charge in [-0.15, -0.1) is 0 Å². The Labute approximate surface area is 117 Å². The summed E-state index contributed by atoms with van der Waals surface area (Å²) in [6.45, 7) is 0.387. The number of ether oxygens (including phenoxy) is 1. The first-order chi connectivity index (χ1) is 9.22. The van der Waals surface area contributed by atoms with Gasteiger partial charge in [0, 0.05) is 11.6 Å². The number of para-hydroxylation sites is 1. The number of nitrogen functional groups attached to an aromatic ring is 1. The predicted molar refractivity (Wildman–Crippen MR) is 76.0 cm³/mol. The summed E-state index contributed by atoms with van der Waals surface area (Å²) >= 11 is 3.51. The lowest BCUT2D eigenvalue weighted by Crippen LogP contribution is -2.00. The Morgan fingerprint density at radius 2 is 2.21 bits per heavy atom. The van der Waals surface area contributed by atoms with Crippen LogP contribution in [0.3, 0.4) is 0 Å². The summed E-state index contributed by atoms with van der Waals surface area (Å²) in [7, 11) is 1.62. The minimum atomic E-state index is 0.387. The molecule has 3 rings (SSSR count). The van der Waals surface area contributed by atoms with E-state index in [2.05, 4.69) is 31.2 Å². The van der Waals surface area contributed by atoms with Crippen molar-refractivity contribution in [2.75, 3.05) is 12.8 Å². The van der Waals surface area contributed by atoms with Crippen LogP contribution in [0.25, 0.3) is 16.7 Å². The molecule has 3 aromatic rings. The number of H-pyrrole nitrogens is 1. The normalized spacial score (nSPS) is 11.3. The zero-order chi connectivity index (χ0) is 13.4. The molecule has 2 heterocycles. The van der Waals surface area contributed by atoms with Crippen LogP contribution < -0.4 is 5.73 Å². The molecule has 0 unspecified atom stereocenters. The maximum atomic E-state index is 5.90. The van der Waals surface area contributed by atoms with Crippen molar-refractivity contribution in [2.45, 2.75) is 6.61 Å². The van der Waals surface area contributed by atoms with Crippen LogP contribution in [-0.2, 0) is 11.3 Å². The Morgan fingerprint density at radius 3 is 2.95 bits per heavy atom. The fraction of sp³-hybridized carbons (Fsp3) is 0.167. The van der Waals surface area contributed by atoms with E-state index in [0.717, 1.165) is 21.2 Å². The van der Waals surface area contributed by atoms with Crippen LogP contribution in [-0.4, -0.2) is 27.1 Å². The Morgan fingerprint density at radius 1 is 1.42 bits per heavy atom. The first kappa shape index (κ1) is 12.2. The molecule has 0 amide bonds. The molecule has 0 saturated heterocycles. The van der Waals surface area contributed by atoms with Gasteiger partial charge in [-0.05, 0) is 28.1 Å². The smallest absolute Gasteiger partial charge is 0.186 e. The van der Waals surface area contributed by atoms with Gasteiger partial charge in [0.1, 0.15) is 11.5 Å². The summed E-state index contributed by atoms with van der Waals surface area (Å²) in [6.07, 6.45) is 0. The fourth-order valence-corrected chi connectivity index (χ4v) is 2.48. The number of aromatic amines is 1. The molecule has 0 aliphatic carbocycles. The average Bonchev–Trinajstić information content (AvgIpc) is 2.93. The van der Waals surface area contributed by atoms with Gasteiger partial charge in [-0.2, -0.15) is 10.2 Å². The lowest BCUT2D eigenvalue weighted by Gasteiger charge is -2.03. The predicted octanol–water partition coefficient (Wildman–Crippen LogP) is 2.24. The summed E-state index contributed by atoms with van der Waals surface area (Å²) in [5, 5.41) is 12.3. The molecular weight excluding hydrogens is 310 g/mol. The molecule has 2 aromatic heterocycles. The lowest BCUT2D eigenvalue weighted by atomic mass is 10.3. The van der Waals surface area contributed by atoms with Crippen molar-refractivity contribution in [3.63, 3.8) is 0 Å². The van der Waals surface area contributed by atoms with Crippen molar-refractivity contribution < 1.29 is 4.74 Å². The molecular formula is C12H12BrN5O. The zero-order valence-electron chi connectivity index (χ0n) is 10.2. The van der Waals surface area contributed by atoms with Gasteiger partial charge in [0.15, 0.2) is 5.65 Å². The maximum absolute atomic E-state index is 5.90. The van der Waals surface area contributed by atoms with E-state index in [-0.39, 0.29) is 0 Å². The van der Waals surface area contributed by atoms with Crippen molar-refractivity contribution in [1.82, 2.24) is 20.0 Å². The number of nitrogens with zero attached hydrogens (tertiary/aromatic N) is 3. The number of fused-ring (bicyclic) bond motifs is 1. The van der Waals surface area contributed by atoms with Crippen LogP contribution in [0.15, 0.2) is 28.7 Å². The highest BCUT2D eigenvalue weighted by Gasteiger charge is 2.18. The fourth-order valence-electron chi connectivity index (χ4n) is 2.03. The molecule has 0 saturated carbocycles. The quantitative estimate of drug-likeness (QED) is 0.775. The minimum Gasteiger partial charge on any atom is -0.383 e. The number of rotatable bonds is 3. The molecule has 0 atom stereocenters. The van der Waals surface area contributed by atoms with Crippen LogP contribution >= 0.6 is 15.9 Å². The highest BCUT2D eigenvalue weighted by molar-refractivity contribution is 9.10. The van der Waals surface area contributed by atoms with Gasteiger partial charge < -0.3 is 10.5 Å². The van der Waals surface area contributed by atoms with E-state index in [4.69, 9.17) is 10.5 Å². The summed E-state index contributed by atoms with van der Waals surface area (Å²) < 4.78 is 7.84. The number of halogens is 1. The molecule has 7 heteroatoms. The lowest BCUT2D eigenvalue weighted by molar-refractivity contribution is 0.182. The van der Waals surface area contributed by atoms with Crippen molar-refractivity contribution in [1.29, 1.82) is 0 Å². The molecule has 0 fully saturated rings. The first-order valence-electron chi connectivity index (χ1n) is 5.67. The number of benzene rings is 1. The Hall–Kier alpha value is -1.86. The van der Waals surface area contributed by atoms with Gasteiger partial charge in [-0.3, -0.25) is 5.10 Å². The largest absolute Gasteiger partial charge is 0.383 e. The van der Waals surface area contributed by atoms with Crippen molar-refractivity contribution in [2.24, 2.45) is 0 Å². The number of aromatic nitrogens is 4. The topological polar surface area (TPSA) is 81.8 Å². The van der Waals surface area contributed by atoms with E-state index < -0.39 is 0 Å². The van der Waals surface area contributed by atoms with E-state index >= 15 is 0 Å². The molecule has 0 spiro atoms. The standard InChI is InChI=1S/C12H12BrN5O/c1-19-6-8-10-11(14)15-16-12(10)18(17-8)9-5-3-2-4-7(9)13/h2-5H,6H2,1H3,(H3,14,15,16). The van der Waals surface area contributed by atoms with Gasteiger partial charge in [0.2, 0.25) is 0 Å². The average molecular weight is 322 g/mol. The number of nitrogens with one attached hydrogen (secondary N) is 1. The van der Waals surface area contributed by atoms with Gasteiger partial charge in [-0.25, -0.2) is 4.68 Å². The summed E-state index contributed by atoms with van der Waals surface area (Å²) in [5.41, 5.74) is 8.26. The Kier molecular flexibility index (Phi) is 3.00. The van der Waals surface area contributed by atoms with E-state index in [1.165, 1.54) is 0 Å². The number of anilines is 1. The van der Waals surface area contributed by atoms with E-state index in [1.807, 2.05) is 24.3 Å². The summed E-state index contributed by atoms with van der Waals surface area (Å²) in [6, 6.07) is 7.80. The second-order valence-corrected chi connectivity index (χ2v) is 4.93. The Balaban J connectivity index is 2.28. The molecule has 0 bridgehead atoms. The van der Waals surface area contributed by atoms with E-state index in [1.54, 1.807) is 11.8 Å². The highest BCUT2D eigenvalue weighted by Crippen LogP contribution is 2.28. The van der Waals surface area contributed by atoms with E-state index in [0.29, 0.717) is 18.1 Å². The monoisotopic (exact) mass is 321 g/mol. The van der Waals surface area contributed by atoms with Gasteiger partial charge >= 0.3 is 0 Å². The van der Waals surface area contributed by atoms with Crippen LogP contribution in [0.2, 0.25) is 0 Å². The zero-order valence-corrected chi connectivity index (χ0v) is 11.8. The first-order valence-corrected chi connectivity index (χ1v) is 6.47. The van der Waals surface area contributed by atoms with Crippen LogP contribution in [0.5, 0.6) is 0 Å². The molecule has 98 valence electrons. The number of methoxy groups -OCH3 is 1. The maximum Gasteiger partial charge on any atom is 0.186 e. The van der Waals surface area contributed by atoms with Crippen molar-refractivity contribution in [3.8, 4) is 5.69 Å². The number of nitrogens with two attached hydrogens (primary N) is 1. The molecule has 0 aliphatic rings. The van der Waals surface area contributed by atoms with Gasteiger partial charge in [-0.1, -0.05) is 12.1 Å². The van der Waals surface area contributed by atoms with Crippen molar-refractivity contribution >= 4 is 32.8 Å². The van der Waals surface area contributed by atoms with Crippen LogP contribution in [0.4, 0.5) is 5.82 Å². The number of hydrogen-bond donors (Lipinski definition) is 2.